The van der Waals surface area contributed by atoms with Crippen LogP contribution in [0.25, 0.3) is 11.3 Å². The van der Waals surface area contributed by atoms with Gasteiger partial charge in [0.1, 0.15) is 11.4 Å². The Bertz CT molecular complexity index is 1110. The van der Waals surface area contributed by atoms with E-state index in [0.717, 1.165) is 0 Å². The maximum atomic E-state index is 12.4. The number of nitrogens with one attached hydrogen (secondary N) is 1. The van der Waals surface area contributed by atoms with Crippen molar-refractivity contribution in [1.29, 1.82) is 0 Å². The summed E-state index contributed by atoms with van der Waals surface area (Å²) in [5, 5.41) is 24.5. The zero-order valence-electron chi connectivity index (χ0n) is 14.3. The third-order valence-electron chi connectivity index (χ3n) is 3.86. The molecule has 0 saturated heterocycles. The summed E-state index contributed by atoms with van der Waals surface area (Å²) in [4.78, 5) is 33.2. The number of amides is 1. The van der Waals surface area contributed by atoms with Crippen LogP contribution in [0.5, 0.6) is 0 Å². The number of halogens is 1. The van der Waals surface area contributed by atoms with Crippen LogP contribution in [0, 0.1) is 27.2 Å². The number of non-ortho nitro benzene ring substituents is 1. The molecule has 0 aliphatic heterocycles. The van der Waals surface area contributed by atoms with Crippen LogP contribution in [0.3, 0.4) is 0 Å². The van der Waals surface area contributed by atoms with Gasteiger partial charge in [0.2, 0.25) is 0 Å². The SMILES string of the molecule is Cc1ccc(NC(=O)c2ccc(-c3ccc([N+](=O)[O-])cc3Cl)o2)c([N+](=O)[O-])c1. The Morgan fingerprint density at radius 2 is 1.79 bits per heavy atom. The molecule has 0 atom stereocenters. The molecule has 9 nitrogen and oxygen atoms in total. The fourth-order valence-electron chi connectivity index (χ4n) is 2.50. The zero-order chi connectivity index (χ0) is 20.4. The molecule has 28 heavy (non-hydrogen) atoms. The number of benzene rings is 2. The molecule has 1 N–H and O–H groups in total. The van der Waals surface area contributed by atoms with Crippen LogP contribution in [0.2, 0.25) is 5.02 Å². The van der Waals surface area contributed by atoms with Crippen molar-refractivity contribution in [2.45, 2.75) is 6.92 Å². The van der Waals surface area contributed by atoms with E-state index in [4.69, 9.17) is 16.0 Å². The highest BCUT2D eigenvalue weighted by molar-refractivity contribution is 6.33. The average molecular weight is 402 g/mol. The molecule has 0 radical (unpaired) electrons. The zero-order valence-corrected chi connectivity index (χ0v) is 15.1. The van der Waals surface area contributed by atoms with Crippen molar-refractivity contribution >= 4 is 34.6 Å². The minimum Gasteiger partial charge on any atom is -0.451 e. The van der Waals surface area contributed by atoms with Gasteiger partial charge in [0.15, 0.2) is 5.76 Å². The van der Waals surface area contributed by atoms with Crippen molar-refractivity contribution in [1.82, 2.24) is 0 Å². The lowest BCUT2D eigenvalue weighted by Gasteiger charge is -2.05. The van der Waals surface area contributed by atoms with Crippen LogP contribution < -0.4 is 5.32 Å². The van der Waals surface area contributed by atoms with Crippen molar-refractivity contribution in [3.05, 3.63) is 85.1 Å². The van der Waals surface area contributed by atoms with Gasteiger partial charge in [0, 0.05) is 23.8 Å². The van der Waals surface area contributed by atoms with E-state index in [1.165, 1.54) is 42.5 Å². The lowest BCUT2D eigenvalue weighted by Crippen LogP contribution is -2.12. The smallest absolute Gasteiger partial charge is 0.293 e. The third-order valence-corrected chi connectivity index (χ3v) is 4.17. The van der Waals surface area contributed by atoms with Crippen molar-refractivity contribution < 1.29 is 19.1 Å². The van der Waals surface area contributed by atoms with Crippen LogP contribution in [-0.2, 0) is 0 Å². The van der Waals surface area contributed by atoms with Crippen LogP contribution in [0.15, 0.2) is 52.9 Å². The van der Waals surface area contributed by atoms with Gasteiger partial charge in [-0.25, -0.2) is 0 Å². The largest absolute Gasteiger partial charge is 0.451 e. The summed E-state index contributed by atoms with van der Waals surface area (Å²) >= 11 is 6.06. The van der Waals surface area contributed by atoms with Gasteiger partial charge in [-0.05, 0) is 36.8 Å². The predicted octanol–water partition coefficient (Wildman–Crippen LogP) is 4.98. The molecule has 0 spiro atoms. The van der Waals surface area contributed by atoms with E-state index in [-0.39, 0.29) is 33.6 Å². The second-order valence-corrected chi connectivity index (χ2v) is 6.22. The van der Waals surface area contributed by atoms with E-state index in [0.29, 0.717) is 11.1 Å². The molecule has 1 aromatic heterocycles. The van der Waals surface area contributed by atoms with E-state index < -0.39 is 15.8 Å². The molecule has 2 aromatic carbocycles. The van der Waals surface area contributed by atoms with Gasteiger partial charge in [-0.3, -0.25) is 25.0 Å². The summed E-state index contributed by atoms with van der Waals surface area (Å²) in [7, 11) is 0. The Morgan fingerprint density at radius 1 is 1.04 bits per heavy atom. The van der Waals surface area contributed by atoms with Crippen molar-refractivity contribution in [2.24, 2.45) is 0 Å². The number of furan rings is 1. The highest BCUT2D eigenvalue weighted by Crippen LogP contribution is 2.33. The molecule has 3 rings (SSSR count). The van der Waals surface area contributed by atoms with Crippen LogP contribution in [0.1, 0.15) is 16.1 Å². The van der Waals surface area contributed by atoms with Gasteiger partial charge in [0.25, 0.3) is 17.3 Å². The Labute approximate surface area is 162 Å². The lowest BCUT2D eigenvalue weighted by molar-refractivity contribution is -0.384. The first kappa shape index (κ1) is 19.1. The van der Waals surface area contributed by atoms with Crippen LogP contribution >= 0.6 is 11.6 Å². The van der Waals surface area contributed by atoms with Crippen LogP contribution in [-0.4, -0.2) is 15.8 Å². The second kappa shape index (κ2) is 7.49. The molecule has 0 bridgehead atoms. The summed E-state index contributed by atoms with van der Waals surface area (Å²) in [6.45, 7) is 1.70. The summed E-state index contributed by atoms with van der Waals surface area (Å²) < 4.78 is 5.47. The molecule has 0 aliphatic carbocycles. The van der Waals surface area contributed by atoms with Gasteiger partial charge in [0.05, 0.1) is 14.9 Å². The quantitative estimate of drug-likeness (QED) is 0.474. The third kappa shape index (κ3) is 3.84. The Hall–Kier alpha value is -3.72. The summed E-state index contributed by atoms with van der Waals surface area (Å²) in [6.07, 6.45) is 0. The van der Waals surface area contributed by atoms with Gasteiger partial charge < -0.3 is 9.73 Å². The number of rotatable bonds is 5. The highest BCUT2D eigenvalue weighted by atomic mass is 35.5. The number of nitrogens with zero attached hydrogens (tertiary/aromatic N) is 2. The van der Waals surface area contributed by atoms with Crippen molar-refractivity contribution in [2.75, 3.05) is 5.32 Å². The molecule has 1 heterocycles. The molecule has 0 saturated carbocycles. The first-order chi connectivity index (χ1) is 13.3. The molecule has 0 aliphatic rings. The Morgan fingerprint density at radius 3 is 2.43 bits per heavy atom. The molecule has 10 heteroatoms. The number of hydrogen-bond donors (Lipinski definition) is 1. The van der Waals surface area contributed by atoms with Crippen molar-refractivity contribution in [3.8, 4) is 11.3 Å². The first-order valence-electron chi connectivity index (χ1n) is 7.87. The van der Waals surface area contributed by atoms with E-state index in [2.05, 4.69) is 5.32 Å². The molecular formula is C18H12ClN3O6. The number of carbonyl (C=O) groups excluding carboxylic acids is 1. The topological polar surface area (TPSA) is 129 Å². The fourth-order valence-corrected chi connectivity index (χ4v) is 2.77. The van der Waals surface area contributed by atoms with Crippen molar-refractivity contribution in [3.63, 3.8) is 0 Å². The predicted molar refractivity (Wildman–Crippen MR) is 102 cm³/mol. The van der Waals surface area contributed by atoms with E-state index in [1.807, 2.05) is 0 Å². The normalized spacial score (nSPS) is 10.5. The van der Waals surface area contributed by atoms with E-state index >= 15 is 0 Å². The van der Waals surface area contributed by atoms with Gasteiger partial charge >= 0.3 is 0 Å². The average Bonchev–Trinajstić information content (AvgIpc) is 3.12. The standard InChI is InChI=1S/C18H12ClN3O6/c1-10-2-5-14(15(8-10)22(26)27)20-18(23)17-7-6-16(28-17)12-4-3-11(21(24)25)9-13(12)19/h2-9H,1H3,(H,20,23). The Kier molecular flexibility index (Phi) is 5.10. The number of hydrogen-bond acceptors (Lipinski definition) is 6. The fraction of sp³-hybridized carbons (Fsp3) is 0.0556. The number of anilines is 1. The number of nitro benzene ring substituents is 2. The minimum atomic E-state index is -0.684. The maximum Gasteiger partial charge on any atom is 0.293 e. The van der Waals surface area contributed by atoms with Crippen LogP contribution in [0.4, 0.5) is 17.1 Å². The Balaban J connectivity index is 1.86. The van der Waals surface area contributed by atoms with E-state index in [9.17, 15) is 25.0 Å². The van der Waals surface area contributed by atoms with Gasteiger partial charge in [-0.1, -0.05) is 17.7 Å². The molecule has 3 aromatic rings. The molecule has 142 valence electrons. The first-order valence-corrected chi connectivity index (χ1v) is 8.24. The van der Waals surface area contributed by atoms with Gasteiger partial charge in [-0.2, -0.15) is 0 Å². The van der Waals surface area contributed by atoms with E-state index in [1.54, 1.807) is 13.0 Å². The molecule has 1 amide bonds. The highest BCUT2D eigenvalue weighted by Gasteiger charge is 2.20. The number of nitro groups is 2. The second-order valence-electron chi connectivity index (χ2n) is 5.82. The molecule has 0 unspecified atom stereocenters. The van der Waals surface area contributed by atoms with Gasteiger partial charge in [-0.15, -0.1) is 0 Å². The molecular weight excluding hydrogens is 390 g/mol. The maximum absolute atomic E-state index is 12.4. The summed E-state index contributed by atoms with van der Waals surface area (Å²) in [5.41, 5.74) is 0.667. The molecule has 0 fully saturated rings. The number of aryl methyl sites for hydroxylation is 1. The minimum absolute atomic E-state index is 0.0342. The number of carbonyl (C=O) groups is 1. The summed E-state index contributed by atoms with van der Waals surface area (Å²) in [6, 6.07) is 11.1. The monoisotopic (exact) mass is 401 g/mol. The lowest BCUT2D eigenvalue weighted by atomic mass is 10.1. The summed E-state index contributed by atoms with van der Waals surface area (Å²) in [5.74, 6) is -0.556.